The topological polar surface area (TPSA) is 41.9 Å². The molecule has 1 saturated heterocycles. The first-order chi connectivity index (χ1) is 13.2. The van der Waals surface area contributed by atoms with E-state index in [1.165, 1.54) is 32.4 Å². The lowest BCUT2D eigenvalue weighted by atomic mass is 9.98. The van der Waals surface area contributed by atoms with Gasteiger partial charge in [0.2, 0.25) is 0 Å². The number of benzene rings is 2. The third-order valence-corrected chi connectivity index (χ3v) is 5.38. The summed E-state index contributed by atoms with van der Waals surface area (Å²) in [5.74, 6) is 1.84. The predicted molar refractivity (Wildman–Crippen MR) is 107 cm³/mol. The van der Waals surface area contributed by atoms with Crippen molar-refractivity contribution in [3.05, 3.63) is 59.7 Å². The second-order valence-electron chi connectivity index (χ2n) is 7.39. The van der Waals surface area contributed by atoms with Crippen LogP contribution in [0.5, 0.6) is 17.2 Å². The smallest absolute Gasteiger partial charge is 0.143 e. The van der Waals surface area contributed by atoms with Gasteiger partial charge in [-0.15, -0.1) is 0 Å². The van der Waals surface area contributed by atoms with Crippen molar-refractivity contribution < 1.29 is 14.6 Å². The first-order valence-corrected chi connectivity index (χ1v) is 9.83. The second kappa shape index (κ2) is 8.05. The number of phenols is 1. The molecular formula is C23H27NO3. The number of fused-ring (bicyclic) bond motifs is 1. The van der Waals surface area contributed by atoms with E-state index in [9.17, 15) is 5.11 Å². The first-order valence-electron chi connectivity index (χ1n) is 9.83. The van der Waals surface area contributed by atoms with Crippen LogP contribution in [0, 0.1) is 0 Å². The highest BCUT2D eigenvalue weighted by Gasteiger charge is 2.20. The van der Waals surface area contributed by atoms with Crippen LogP contribution >= 0.6 is 0 Å². The van der Waals surface area contributed by atoms with Gasteiger partial charge in [0.05, 0.1) is 0 Å². The Kier molecular flexibility index (Phi) is 5.35. The average molecular weight is 365 g/mol. The molecule has 1 N–H and O–H groups in total. The molecule has 4 rings (SSSR count). The van der Waals surface area contributed by atoms with Crippen LogP contribution in [0.4, 0.5) is 0 Å². The molecule has 0 bridgehead atoms. The fraction of sp³-hybridized carbons (Fsp3) is 0.391. The minimum atomic E-state index is -0.151. The molecule has 0 radical (unpaired) electrons. The van der Waals surface area contributed by atoms with E-state index in [2.05, 4.69) is 30.0 Å². The average Bonchev–Trinajstić information content (AvgIpc) is 2.69. The molecule has 142 valence electrons. The van der Waals surface area contributed by atoms with E-state index in [0.29, 0.717) is 0 Å². The first kappa shape index (κ1) is 17.9. The summed E-state index contributed by atoms with van der Waals surface area (Å²) in [6.07, 6.45) is 5.95. The second-order valence-corrected chi connectivity index (χ2v) is 7.39. The summed E-state index contributed by atoms with van der Waals surface area (Å²) >= 11 is 0. The Labute approximate surface area is 161 Å². The number of phenolic OH excluding ortho intramolecular Hbond substituents is 1. The Morgan fingerprint density at radius 3 is 2.63 bits per heavy atom. The maximum atomic E-state index is 9.72. The van der Waals surface area contributed by atoms with Gasteiger partial charge in [0.1, 0.15) is 30.0 Å². The molecular weight excluding hydrogens is 338 g/mol. The Morgan fingerprint density at radius 1 is 1.07 bits per heavy atom. The highest BCUT2D eigenvalue weighted by molar-refractivity contribution is 5.72. The van der Waals surface area contributed by atoms with Gasteiger partial charge >= 0.3 is 0 Å². The summed E-state index contributed by atoms with van der Waals surface area (Å²) in [7, 11) is 0. The number of hydrogen-bond donors (Lipinski definition) is 1. The Balaban J connectivity index is 1.37. The predicted octanol–water partition coefficient (Wildman–Crippen LogP) is 4.79. The van der Waals surface area contributed by atoms with Crippen LogP contribution in [0.3, 0.4) is 0 Å². The Bertz CT molecular complexity index is 807. The zero-order valence-electron chi connectivity index (χ0n) is 15.9. The van der Waals surface area contributed by atoms with Crippen LogP contribution in [0.2, 0.25) is 0 Å². The van der Waals surface area contributed by atoms with Crippen molar-refractivity contribution in [3.63, 3.8) is 0 Å². The number of nitrogens with zero attached hydrogens (tertiary/aromatic N) is 1. The number of allylic oxidation sites excluding steroid dienone is 1. The molecule has 4 nitrogen and oxygen atoms in total. The van der Waals surface area contributed by atoms with Crippen molar-refractivity contribution in [2.75, 3.05) is 26.2 Å². The van der Waals surface area contributed by atoms with Crippen LogP contribution in [-0.2, 0) is 0 Å². The zero-order chi connectivity index (χ0) is 18.6. The SMILES string of the molecule is CC1=CC(c2ccc(OCCN3CCCCC3)cc2)Oc2cc(O)ccc21. The number of rotatable bonds is 5. The van der Waals surface area contributed by atoms with Gasteiger partial charge < -0.3 is 14.6 Å². The molecule has 0 spiro atoms. The summed E-state index contributed by atoms with van der Waals surface area (Å²) in [5.41, 5.74) is 3.26. The van der Waals surface area contributed by atoms with Gasteiger partial charge in [0.15, 0.2) is 0 Å². The standard InChI is InChI=1S/C23H27NO3/c1-17-15-22(27-23-16-19(25)7-10-21(17)23)18-5-8-20(9-6-18)26-14-13-24-11-3-2-4-12-24/h5-10,15-16,22,25H,2-4,11-14H2,1H3. The molecule has 0 aliphatic carbocycles. The van der Waals surface area contributed by atoms with Crippen molar-refractivity contribution in [3.8, 4) is 17.2 Å². The van der Waals surface area contributed by atoms with Gasteiger partial charge in [0, 0.05) is 18.2 Å². The number of aromatic hydroxyl groups is 1. The largest absolute Gasteiger partial charge is 0.508 e. The molecule has 2 heterocycles. The van der Waals surface area contributed by atoms with E-state index < -0.39 is 0 Å². The lowest BCUT2D eigenvalue weighted by Gasteiger charge is -2.26. The quantitative estimate of drug-likeness (QED) is 0.827. The lowest BCUT2D eigenvalue weighted by molar-refractivity contribution is 0.183. The fourth-order valence-electron chi connectivity index (χ4n) is 3.82. The number of piperidine rings is 1. The zero-order valence-corrected chi connectivity index (χ0v) is 15.9. The van der Waals surface area contributed by atoms with Gasteiger partial charge in [-0.1, -0.05) is 18.6 Å². The van der Waals surface area contributed by atoms with Crippen molar-refractivity contribution in [2.24, 2.45) is 0 Å². The van der Waals surface area contributed by atoms with Gasteiger partial charge in [0.25, 0.3) is 0 Å². The molecule has 1 atom stereocenters. The van der Waals surface area contributed by atoms with Crippen LogP contribution < -0.4 is 9.47 Å². The Morgan fingerprint density at radius 2 is 1.85 bits per heavy atom. The van der Waals surface area contributed by atoms with E-state index in [4.69, 9.17) is 9.47 Å². The van der Waals surface area contributed by atoms with Crippen molar-refractivity contribution >= 4 is 5.57 Å². The molecule has 27 heavy (non-hydrogen) atoms. The van der Waals surface area contributed by atoms with Gasteiger partial charge in [-0.05, 0) is 74.3 Å². The molecule has 4 heteroatoms. The minimum Gasteiger partial charge on any atom is -0.508 e. The third-order valence-electron chi connectivity index (χ3n) is 5.38. The monoisotopic (exact) mass is 365 g/mol. The van der Waals surface area contributed by atoms with Crippen LogP contribution in [-0.4, -0.2) is 36.2 Å². The van der Waals surface area contributed by atoms with Crippen molar-refractivity contribution in [1.29, 1.82) is 0 Å². The third kappa shape index (κ3) is 4.28. The molecule has 1 fully saturated rings. The van der Waals surface area contributed by atoms with E-state index in [-0.39, 0.29) is 11.9 Å². The lowest BCUT2D eigenvalue weighted by Crippen LogP contribution is -2.33. The molecule has 0 amide bonds. The van der Waals surface area contributed by atoms with Gasteiger partial charge in [-0.25, -0.2) is 0 Å². The summed E-state index contributed by atoms with van der Waals surface area (Å²) < 4.78 is 12.0. The van der Waals surface area contributed by atoms with Gasteiger partial charge in [-0.3, -0.25) is 4.90 Å². The van der Waals surface area contributed by atoms with E-state index in [1.54, 1.807) is 12.1 Å². The van der Waals surface area contributed by atoms with Crippen LogP contribution in [0.25, 0.3) is 5.57 Å². The minimum absolute atomic E-state index is 0.151. The highest BCUT2D eigenvalue weighted by Crippen LogP contribution is 2.39. The molecule has 2 aliphatic rings. The number of hydrogen-bond acceptors (Lipinski definition) is 4. The van der Waals surface area contributed by atoms with E-state index >= 15 is 0 Å². The molecule has 2 aromatic carbocycles. The van der Waals surface area contributed by atoms with Crippen molar-refractivity contribution in [2.45, 2.75) is 32.3 Å². The summed E-state index contributed by atoms with van der Waals surface area (Å²) in [4.78, 5) is 2.48. The maximum absolute atomic E-state index is 9.72. The van der Waals surface area contributed by atoms with E-state index in [1.807, 2.05) is 18.2 Å². The van der Waals surface area contributed by atoms with Crippen LogP contribution in [0.15, 0.2) is 48.5 Å². The highest BCUT2D eigenvalue weighted by atomic mass is 16.5. The number of ether oxygens (including phenoxy) is 2. The fourth-order valence-corrected chi connectivity index (χ4v) is 3.82. The summed E-state index contributed by atoms with van der Waals surface area (Å²) in [6.45, 7) is 6.19. The van der Waals surface area contributed by atoms with Crippen LogP contribution in [0.1, 0.15) is 43.4 Å². The molecule has 2 aromatic rings. The molecule has 1 unspecified atom stereocenters. The summed E-state index contributed by atoms with van der Waals surface area (Å²) in [6, 6.07) is 13.4. The van der Waals surface area contributed by atoms with E-state index in [0.717, 1.165) is 41.4 Å². The molecule has 0 saturated carbocycles. The normalized spacial score (nSPS) is 19.7. The molecule has 0 aromatic heterocycles. The maximum Gasteiger partial charge on any atom is 0.143 e. The Hall–Kier alpha value is -2.46. The number of likely N-dealkylation sites (tertiary alicyclic amines) is 1. The van der Waals surface area contributed by atoms with Crippen molar-refractivity contribution in [1.82, 2.24) is 4.90 Å². The molecule has 2 aliphatic heterocycles. The summed E-state index contributed by atoms with van der Waals surface area (Å²) in [5, 5.41) is 9.72. The van der Waals surface area contributed by atoms with Gasteiger partial charge in [-0.2, -0.15) is 0 Å².